The minimum Gasteiger partial charge on any atom is -0.456 e. The molecule has 1 aliphatic carbocycles. The summed E-state index contributed by atoms with van der Waals surface area (Å²) >= 11 is 0. The highest BCUT2D eigenvalue weighted by atomic mass is 16.3. The van der Waals surface area contributed by atoms with Crippen molar-refractivity contribution in [2.24, 2.45) is 0 Å². The Morgan fingerprint density at radius 1 is 0.302 bits per heavy atom. The van der Waals surface area contributed by atoms with Gasteiger partial charge in [0.05, 0.1) is 5.41 Å². The van der Waals surface area contributed by atoms with Crippen LogP contribution in [0.4, 0.5) is 17.1 Å². The Balaban J connectivity index is 1.15. The SMILES string of the molecule is c1ccc(-c2cccc(N(c3ccc4c(c3)C(c3ccccc3)(c3ccccc3)c3cccc(-c5ccccc5-c5ccccc5)c3-4)c3ccc4oc5ccccc5c4c3)c2)cc1. The van der Waals surface area contributed by atoms with Crippen LogP contribution < -0.4 is 4.90 Å². The zero-order valence-corrected chi connectivity index (χ0v) is 34.5. The third-order valence-electron chi connectivity index (χ3n) is 12.9. The van der Waals surface area contributed by atoms with E-state index >= 15 is 0 Å². The largest absolute Gasteiger partial charge is 0.456 e. The fourth-order valence-corrected chi connectivity index (χ4v) is 10.2. The molecule has 0 unspecified atom stereocenters. The Bertz CT molecular complexity index is 3400. The van der Waals surface area contributed by atoms with Crippen molar-refractivity contribution in [3.63, 3.8) is 0 Å². The lowest BCUT2D eigenvalue weighted by molar-refractivity contribution is 0.669. The maximum absolute atomic E-state index is 6.36. The van der Waals surface area contributed by atoms with Gasteiger partial charge in [0.2, 0.25) is 0 Å². The minimum absolute atomic E-state index is 0.622. The van der Waals surface area contributed by atoms with Gasteiger partial charge < -0.3 is 9.32 Å². The van der Waals surface area contributed by atoms with Crippen LogP contribution in [-0.2, 0) is 5.41 Å². The zero-order valence-electron chi connectivity index (χ0n) is 34.5. The lowest BCUT2D eigenvalue weighted by Gasteiger charge is -2.35. The summed E-state index contributed by atoms with van der Waals surface area (Å²) in [6, 6.07) is 90.5. The second kappa shape index (κ2) is 15.1. The van der Waals surface area contributed by atoms with Crippen molar-refractivity contribution in [1.29, 1.82) is 0 Å². The van der Waals surface area contributed by atoms with E-state index in [1.807, 2.05) is 12.1 Å². The number of benzene rings is 10. The number of rotatable bonds is 8. The van der Waals surface area contributed by atoms with Crippen LogP contribution in [0.1, 0.15) is 22.3 Å². The summed E-state index contributed by atoms with van der Waals surface area (Å²) in [5, 5.41) is 2.19. The molecule has 0 radical (unpaired) electrons. The summed E-state index contributed by atoms with van der Waals surface area (Å²) in [6.45, 7) is 0. The molecule has 0 atom stereocenters. The number of hydrogen-bond donors (Lipinski definition) is 0. The van der Waals surface area contributed by atoms with Gasteiger partial charge in [-0.2, -0.15) is 0 Å². The Hall–Kier alpha value is -8.20. The van der Waals surface area contributed by atoms with E-state index in [4.69, 9.17) is 4.42 Å². The van der Waals surface area contributed by atoms with Gasteiger partial charge in [-0.05, 0) is 115 Å². The van der Waals surface area contributed by atoms with Crippen LogP contribution in [-0.4, -0.2) is 0 Å². The molecule has 1 heterocycles. The third-order valence-corrected chi connectivity index (χ3v) is 12.9. The molecule has 0 spiro atoms. The van der Waals surface area contributed by atoms with Gasteiger partial charge in [0.1, 0.15) is 11.2 Å². The topological polar surface area (TPSA) is 16.4 Å². The van der Waals surface area contributed by atoms with Crippen LogP contribution in [0, 0.1) is 0 Å². The molecule has 1 aromatic heterocycles. The predicted molar refractivity (Wildman–Crippen MR) is 262 cm³/mol. The minimum atomic E-state index is -0.622. The molecule has 1 aliphatic rings. The maximum Gasteiger partial charge on any atom is 0.135 e. The molecule has 0 N–H and O–H groups in total. The third kappa shape index (κ3) is 5.95. The quantitative estimate of drug-likeness (QED) is 0.152. The van der Waals surface area contributed by atoms with Crippen LogP contribution in [0.5, 0.6) is 0 Å². The lowest BCUT2D eigenvalue weighted by atomic mass is 9.67. The van der Waals surface area contributed by atoms with Gasteiger partial charge in [0, 0.05) is 27.8 Å². The molecular formula is C61H41NO. The van der Waals surface area contributed by atoms with Gasteiger partial charge in [0.25, 0.3) is 0 Å². The molecule has 0 amide bonds. The van der Waals surface area contributed by atoms with Crippen molar-refractivity contribution < 1.29 is 4.42 Å². The molecule has 0 saturated heterocycles. The second-order valence-corrected chi connectivity index (χ2v) is 16.4. The Kier molecular flexibility index (Phi) is 8.76. The Morgan fingerprint density at radius 2 is 0.841 bits per heavy atom. The van der Waals surface area contributed by atoms with Crippen molar-refractivity contribution in [3.05, 3.63) is 271 Å². The van der Waals surface area contributed by atoms with Crippen LogP contribution in [0.15, 0.2) is 253 Å². The van der Waals surface area contributed by atoms with E-state index in [-0.39, 0.29) is 0 Å². The maximum atomic E-state index is 6.36. The number of fused-ring (bicyclic) bond motifs is 6. The molecular weight excluding hydrogens is 763 g/mol. The standard InChI is InChI=1S/C61H41NO/c1-5-19-42(20-6-1)44-23-17-28-47(39-44)62(48-36-38-59-55(40-48)52-31-15-16-34-58(52)63-59)49-35-37-54-57(41-49)61(45-24-9-3-10-25-45,46-26-11-4-12-27-46)56-33-18-32-53(60(54)56)51-30-14-13-29-50(51)43-21-7-2-8-22-43/h1-41H. The van der Waals surface area contributed by atoms with Crippen LogP contribution >= 0.6 is 0 Å². The van der Waals surface area contributed by atoms with Gasteiger partial charge in [0.15, 0.2) is 0 Å². The molecule has 0 aliphatic heterocycles. The van der Waals surface area contributed by atoms with E-state index in [2.05, 4.69) is 241 Å². The first-order valence-corrected chi connectivity index (χ1v) is 21.7. The molecule has 296 valence electrons. The first kappa shape index (κ1) is 36.6. The van der Waals surface area contributed by atoms with Crippen molar-refractivity contribution in [2.45, 2.75) is 5.41 Å². The smallest absolute Gasteiger partial charge is 0.135 e. The second-order valence-electron chi connectivity index (χ2n) is 16.4. The predicted octanol–water partition coefficient (Wildman–Crippen LogP) is 16.4. The summed E-state index contributed by atoms with van der Waals surface area (Å²) in [7, 11) is 0. The van der Waals surface area contributed by atoms with Crippen molar-refractivity contribution in [1.82, 2.24) is 0 Å². The van der Waals surface area contributed by atoms with Gasteiger partial charge in [-0.15, -0.1) is 0 Å². The molecule has 63 heavy (non-hydrogen) atoms. The van der Waals surface area contributed by atoms with E-state index in [1.54, 1.807) is 0 Å². The molecule has 0 saturated carbocycles. The summed E-state index contributed by atoms with van der Waals surface area (Å²) in [6.07, 6.45) is 0. The number of hydrogen-bond acceptors (Lipinski definition) is 2. The van der Waals surface area contributed by atoms with Crippen LogP contribution in [0.3, 0.4) is 0 Å². The highest BCUT2D eigenvalue weighted by molar-refractivity contribution is 6.07. The van der Waals surface area contributed by atoms with E-state index in [9.17, 15) is 0 Å². The van der Waals surface area contributed by atoms with E-state index < -0.39 is 5.41 Å². The van der Waals surface area contributed by atoms with E-state index in [1.165, 1.54) is 61.2 Å². The summed E-state index contributed by atoms with van der Waals surface area (Å²) in [4.78, 5) is 2.42. The summed E-state index contributed by atoms with van der Waals surface area (Å²) in [5.74, 6) is 0. The zero-order chi connectivity index (χ0) is 41.7. The fourth-order valence-electron chi connectivity index (χ4n) is 10.2. The first-order valence-electron chi connectivity index (χ1n) is 21.7. The molecule has 0 bridgehead atoms. The summed E-state index contributed by atoms with van der Waals surface area (Å²) in [5.41, 5.74) is 19.0. The average Bonchev–Trinajstić information content (AvgIpc) is 3.89. The van der Waals surface area contributed by atoms with Gasteiger partial charge in [-0.3, -0.25) is 0 Å². The highest BCUT2D eigenvalue weighted by Crippen LogP contribution is 2.60. The molecule has 2 heteroatoms. The van der Waals surface area contributed by atoms with Gasteiger partial charge in [-0.25, -0.2) is 0 Å². The average molecular weight is 804 g/mol. The van der Waals surface area contributed by atoms with Gasteiger partial charge >= 0.3 is 0 Å². The number of anilines is 3. The van der Waals surface area contributed by atoms with E-state index in [0.29, 0.717) is 0 Å². The molecule has 10 aromatic carbocycles. The van der Waals surface area contributed by atoms with Crippen molar-refractivity contribution in [3.8, 4) is 44.5 Å². The van der Waals surface area contributed by atoms with E-state index in [0.717, 1.165) is 44.6 Å². The summed E-state index contributed by atoms with van der Waals surface area (Å²) < 4.78 is 6.36. The molecule has 12 rings (SSSR count). The number of para-hydroxylation sites is 1. The first-order chi connectivity index (χ1) is 31.3. The van der Waals surface area contributed by atoms with Gasteiger partial charge in [-0.1, -0.05) is 200 Å². The Labute approximate surface area is 367 Å². The number of furan rings is 1. The molecule has 11 aromatic rings. The lowest BCUT2D eigenvalue weighted by Crippen LogP contribution is -2.28. The van der Waals surface area contributed by atoms with Crippen molar-refractivity contribution >= 4 is 39.0 Å². The number of nitrogens with zero attached hydrogens (tertiary/aromatic N) is 1. The normalized spacial score (nSPS) is 12.6. The Morgan fingerprint density at radius 3 is 1.59 bits per heavy atom. The highest BCUT2D eigenvalue weighted by Gasteiger charge is 2.47. The monoisotopic (exact) mass is 803 g/mol. The molecule has 0 fully saturated rings. The molecule has 2 nitrogen and oxygen atoms in total. The van der Waals surface area contributed by atoms with Crippen LogP contribution in [0.2, 0.25) is 0 Å². The fraction of sp³-hybridized carbons (Fsp3) is 0.0164. The van der Waals surface area contributed by atoms with Crippen molar-refractivity contribution in [2.75, 3.05) is 4.90 Å². The van der Waals surface area contributed by atoms with Crippen LogP contribution in [0.25, 0.3) is 66.4 Å².